The first-order chi connectivity index (χ1) is 8.90. The van der Waals surface area contributed by atoms with Crippen LogP contribution in [-0.2, 0) is 0 Å². The molecule has 2 aromatic rings. The summed E-state index contributed by atoms with van der Waals surface area (Å²) in [5, 5.41) is 2.80. The van der Waals surface area contributed by atoms with Gasteiger partial charge in [-0.05, 0) is 31.5 Å². The summed E-state index contributed by atoms with van der Waals surface area (Å²) in [5.41, 5.74) is 0.952. The molecule has 0 fully saturated rings. The van der Waals surface area contributed by atoms with Crippen LogP contribution >= 0.6 is 34.5 Å². The fourth-order valence-electron chi connectivity index (χ4n) is 1.73. The lowest BCUT2D eigenvalue weighted by atomic mass is 10.1. The standard InChI is InChI=1S/C13H11Cl2F2NS/c1-6-3-4-9(16)12(11(6)17)18-7(2)8-5-10(14)19-13(8)15/h3-5,7,18H,1-2H3. The molecule has 1 heterocycles. The lowest BCUT2D eigenvalue weighted by Crippen LogP contribution is -2.10. The summed E-state index contributed by atoms with van der Waals surface area (Å²) in [6.07, 6.45) is 0. The molecule has 1 N–H and O–H groups in total. The Bertz CT molecular complexity index is 613. The van der Waals surface area contributed by atoms with Crippen molar-refractivity contribution >= 4 is 40.2 Å². The fraction of sp³-hybridized carbons (Fsp3) is 0.231. The Morgan fingerprint density at radius 2 is 1.95 bits per heavy atom. The zero-order valence-electron chi connectivity index (χ0n) is 10.2. The van der Waals surface area contributed by atoms with Crippen LogP contribution in [-0.4, -0.2) is 0 Å². The van der Waals surface area contributed by atoms with E-state index in [2.05, 4.69) is 5.32 Å². The van der Waals surface area contributed by atoms with Crippen molar-refractivity contribution in [2.75, 3.05) is 5.32 Å². The summed E-state index contributed by atoms with van der Waals surface area (Å²) in [6, 6.07) is 3.98. The Labute approximate surface area is 124 Å². The largest absolute Gasteiger partial charge is 0.374 e. The minimum absolute atomic E-state index is 0.147. The van der Waals surface area contributed by atoms with Gasteiger partial charge in [0.05, 0.1) is 14.7 Å². The molecule has 0 aliphatic carbocycles. The lowest BCUT2D eigenvalue weighted by molar-refractivity contribution is 0.579. The second-order valence-electron chi connectivity index (χ2n) is 4.20. The third-order valence-electron chi connectivity index (χ3n) is 2.79. The minimum Gasteiger partial charge on any atom is -0.374 e. The first-order valence-corrected chi connectivity index (χ1v) is 7.13. The normalized spacial score (nSPS) is 12.5. The van der Waals surface area contributed by atoms with Crippen LogP contribution in [0.5, 0.6) is 0 Å². The van der Waals surface area contributed by atoms with E-state index >= 15 is 0 Å². The van der Waals surface area contributed by atoms with Crippen LogP contribution in [0, 0.1) is 18.6 Å². The molecule has 1 nitrogen and oxygen atoms in total. The SMILES string of the molecule is Cc1ccc(F)c(NC(C)c2cc(Cl)sc2Cl)c1F. The molecule has 6 heteroatoms. The second-order valence-corrected chi connectivity index (χ2v) is 6.48. The van der Waals surface area contributed by atoms with E-state index in [9.17, 15) is 8.78 Å². The Morgan fingerprint density at radius 3 is 2.53 bits per heavy atom. The summed E-state index contributed by atoms with van der Waals surface area (Å²) >= 11 is 13.1. The van der Waals surface area contributed by atoms with Crippen LogP contribution in [0.1, 0.15) is 24.1 Å². The highest BCUT2D eigenvalue weighted by molar-refractivity contribution is 7.20. The molecule has 0 aliphatic heterocycles. The van der Waals surface area contributed by atoms with Gasteiger partial charge >= 0.3 is 0 Å². The number of hydrogen-bond donors (Lipinski definition) is 1. The third-order valence-corrected chi connectivity index (χ3v) is 4.31. The highest BCUT2D eigenvalue weighted by atomic mass is 35.5. The number of aryl methyl sites for hydroxylation is 1. The van der Waals surface area contributed by atoms with E-state index in [0.29, 0.717) is 14.2 Å². The topological polar surface area (TPSA) is 12.0 Å². The maximum absolute atomic E-state index is 13.9. The van der Waals surface area contributed by atoms with Crippen LogP contribution in [0.15, 0.2) is 18.2 Å². The highest BCUT2D eigenvalue weighted by Crippen LogP contribution is 2.36. The van der Waals surface area contributed by atoms with Gasteiger partial charge in [-0.3, -0.25) is 0 Å². The highest BCUT2D eigenvalue weighted by Gasteiger charge is 2.18. The third kappa shape index (κ3) is 3.02. The predicted molar refractivity (Wildman–Crippen MR) is 77.5 cm³/mol. The summed E-state index contributed by atoms with van der Waals surface area (Å²) in [6.45, 7) is 3.35. The van der Waals surface area contributed by atoms with Crippen molar-refractivity contribution in [2.45, 2.75) is 19.9 Å². The van der Waals surface area contributed by atoms with Gasteiger partial charge in [0.1, 0.15) is 11.5 Å². The predicted octanol–water partition coefficient (Wildman–Crippen LogP) is 5.81. The average molecular weight is 322 g/mol. The smallest absolute Gasteiger partial charge is 0.152 e. The zero-order valence-corrected chi connectivity index (χ0v) is 12.6. The molecular formula is C13H11Cl2F2NS. The minimum atomic E-state index is -0.632. The number of hydrogen-bond acceptors (Lipinski definition) is 2. The summed E-state index contributed by atoms with van der Waals surface area (Å²) in [7, 11) is 0. The van der Waals surface area contributed by atoms with Gasteiger partial charge < -0.3 is 5.32 Å². The maximum atomic E-state index is 13.9. The van der Waals surface area contributed by atoms with Crippen molar-refractivity contribution in [3.05, 3.63) is 49.6 Å². The Balaban J connectivity index is 2.31. The molecule has 0 bridgehead atoms. The van der Waals surface area contributed by atoms with Gasteiger partial charge in [0.15, 0.2) is 5.82 Å². The molecule has 0 saturated carbocycles. The monoisotopic (exact) mass is 321 g/mol. The molecular weight excluding hydrogens is 311 g/mol. The van der Waals surface area contributed by atoms with Crippen molar-refractivity contribution in [2.24, 2.45) is 0 Å². The Morgan fingerprint density at radius 1 is 1.26 bits per heavy atom. The van der Waals surface area contributed by atoms with Crippen LogP contribution in [0.4, 0.5) is 14.5 Å². The number of thiophene rings is 1. The van der Waals surface area contributed by atoms with Crippen molar-refractivity contribution < 1.29 is 8.78 Å². The van der Waals surface area contributed by atoms with Gasteiger partial charge in [-0.1, -0.05) is 29.3 Å². The molecule has 2 rings (SSSR count). The molecule has 1 atom stereocenters. The van der Waals surface area contributed by atoms with E-state index in [-0.39, 0.29) is 11.7 Å². The quantitative estimate of drug-likeness (QED) is 0.751. The number of nitrogens with one attached hydrogen (secondary N) is 1. The first-order valence-electron chi connectivity index (χ1n) is 5.56. The molecule has 102 valence electrons. The first kappa shape index (κ1) is 14.6. The fourth-order valence-corrected chi connectivity index (χ4v) is 3.38. The van der Waals surface area contributed by atoms with Gasteiger partial charge in [0, 0.05) is 5.56 Å². The van der Waals surface area contributed by atoms with E-state index in [1.807, 2.05) is 0 Å². The Hall–Kier alpha value is -0.840. The van der Waals surface area contributed by atoms with Gasteiger partial charge in [-0.25, -0.2) is 8.78 Å². The molecule has 0 spiro atoms. The molecule has 19 heavy (non-hydrogen) atoms. The molecule has 1 aromatic carbocycles. The summed E-state index contributed by atoms with van der Waals surface area (Å²) in [4.78, 5) is 0. The molecule has 1 aromatic heterocycles. The molecule has 0 amide bonds. The van der Waals surface area contributed by atoms with Crippen molar-refractivity contribution in [3.8, 4) is 0 Å². The van der Waals surface area contributed by atoms with Crippen molar-refractivity contribution in [1.82, 2.24) is 0 Å². The number of benzene rings is 1. The number of halogens is 4. The van der Waals surface area contributed by atoms with Crippen LogP contribution in [0.25, 0.3) is 0 Å². The average Bonchev–Trinajstić information content (AvgIpc) is 2.69. The van der Waals surface area contributed by atoms with Crippen LogP contribution < -0.4 is 5.32 Å². The molecule has 0 radical (unpaired) electrons. The van der Waals surface area contributed by atoms with Gasteiger partial charge in [0.25, 0.3) is 0 Å². The second kappa shape index (κ2) is 5.65. The summed E-state index contributed by atoms with van der Waals surface area (Å²) in [5.74, 6) is -1.23. The van der Waals surface area contributed by atoms with Gasteiger partial charge in [0.2, 0.25) is 0 Å². The van der Waals surface area contributed by atoms with Gasteiger partial charge in [-0.15, -0.1) is 11.3 Å². The molecule has 0 saturated heterocycles. The zero-order chi connectivity index (χ0) is 14.2. The van der Waals surface area contributed by atoms with E-state index in [1.54, 1.807) is 19.9 Å². The Kier molecular flexibility index (Phi) is 4.33. The van der Waals surface area contributed by atoms with Crippen molar-refractivity contribution in [1.29, 1.82) is 0 Å². The van der Waals surface area contributed by atoms with E-state index in [4.69, 9.17) is 23.2 Å². The number of rotatable bonds is 3. The molecule has 0 aliphatic rings. The van der Waals surface area contributed by atoms with E-state index < -0.39 is 11.6 Å². The van der Waals surface area contributed by atoms with Gasteiger partial charge in [-0.2, -0.15) is 0 Å². The van der Waals surface area contributed by atoms with E-state index in [0.717, 1.165) is 5.56 Å². The van der Waals surface area contributed by atoms with Crippen molar-refractivity contribution in [3.63, 3.8) is 0 Å². The molecule has 1 unspecified atom stereocenters. The summed E-state index contributed by atoms with van der Waals surface area (Å²) < 4.78 is 28.6. The van der Waals surface area contributed by atoms with E-state index in [1.165, 1.54) is 23.5 Å². The van der Waals surface area contributed by atoms with Crippen LogP contribution in [0.3, 0.4) is 0 Å². The van der Waals surface area contributed by atoms with Crippen LogP contribution in [0.2, 0.25) is 8.67 Å². The number of anilines is 1. The maximum Gasteiger partial charge on any atom is 0.152 e. The lowest BCUT2D eigenvalue weighted by Gasteiger charge is -2.16.